The Kier molecular flexibility index (Phi) is 5.74. The van der Waals surface area contributed by atoms with Gasteiger partial charge in [-0.3, -0.25) is 4.79 Å². The van der Waals surface area contributed by atoms with E-state index >= 15 is 0 Å². The van der Waals surface area contributed by atoms with Crippen molar-refractivity contribution < 1.29 is 14.3 Å². The Morgan fingerprint density at radius 3 is 2.14 bits per heavy atom. The van der Waals surface area contributed by atoms with Gasteiger partial charge in [-0.25, -0.2) is 9.97 Å². The van der Waals surface area contributed by atoms with Crippen molar-refractivity contribution in [2.75, 3.05) is 24.9 Å². The van der Waals surface area contributed by atoms with Crippen LogP contribution < -0.4 is 20.1 Å². The highest BCUT2D eigenvalue weighted by Gasteiger charge is 2.13. The van der Waals surface area contributed by atoms with Crippen LogP contribution in [0.15, 0.2) is 48.7 Å². The van der Waals surface area contributed by atoms with Crippen LogP contribution in [0, 0.1) is 13.8 Å². The third-order valence-electron chi connectivity index (χ3n) is 4.09. The first-order valence-corrected chi connectivity index (χ1v) is 8.71. The molecule has 3 rings (SSSR count). The van der Waals surface area contributed by atoms with E-state index in [1.165, 1.54) is 6.20 Å². The average Bonchev–Trinajstić information content (AvgIpc) is 2.68. The number of nitrogens with zero attached hydrogens (tertiary/aromatic N) is 2. The number of hydrogen-bond acceptors (Lipinski definition) is 6. The molecule has 0 saturated carbocycles. The largest absolute Gasteiger partial charge is 0.495 e. The van der Waals surface area contributed by atoms with Gasteiger partial charge in [0.1, 0.15) is 17.2 Å². The molecule has 1 amide bonds. The number of amides is 1. The van der Waals surface area contributed by atoms with Crippen molar-refractivity contribution in [2.24, 2.45) is 0 Å². The van der Waals surface area contributed by atoms with E-state index in [-0.39, 0.29) is 11.6 Å². The molecule has 0 unspecified atom stereocenters. The number of carbonyl (C=O) groups is 1. The summed E-state index contributed by atoms with van der Waals surface area (Å²) in [4.78, 5) is 21.2. The smallest absolute Gasteiger partial charge is 0.274 e. The van der Waals surface area contributed by atoms with Gasteiger partial charge in [0, 0.05) is 6.20 Å². The molecule has 0 spiro atoms. The number of carbonyl (C=O) groups excluding carboxylic acids is 1. The fourth-order valence-corrected chi connectivity index (χ4v) is 2.69. The van der Waals surface area contributed by atoms with Crippen molar-refractivity contribution in [3.05, 3.63) is 65.5 Å². The minimum absolute atomic E-state index is 0.229. The minimum atomic E-state index is -0.356. The lowest BCUT2D eigenvalue weighted by Crippen LogP contribution is -2.15. The summed E-state index contributed by atoms with van der Waals surface area (Å²) in [6, 6.07) is 12.8. The van der Waals surface area contributed by atoms with Crippen LogP contribution in [-0.4, -0.2) is 30.1 Å². The highest BCUT2D eigenvalue weighted by atomic mass is 16.5. The van der Waals surface area contributed by atoms with Gasteiger partial charge in [-0.2, -0.15) is 0 Å². The van der Waals surface area contributed by atoms with Gasteiger partial charge in [-0.15, -0.1) is 0 Å². The van der Waals surface area contributed by atoms with E-state index in [0.717, 1.165) is 16.8 Å². The molecule has 7 heteroatoms. The normalized spacial score (nSPS) is 10.3. The second-order valence-electron chi connectivity index (χ2n) is 6.25. The molecular weight excluding hydrogens is 356 g/mol. The summed E-state index contributed by atoms with van der Waals surface area (Å²) in [5.74, 6) is 1.18. The summed E-state index contributed by atoms with van der Waals surface area (Å²) in [7, 11) is 3.15. The summed E-state index contributed by atoms with van der Waals surface area (Å²) in [5.41, 5.74) is 3.60. The van der Waals surface area contributed by atoms with E-state index < -0.39 is 0 Å². The van der Waals surface area contributed by atoms with Crippen molar-refractivity contribution >= 4 is 23.2 Å². The Morgan fingerprint density at radius 2 is 1.50 bits per heavy atom. The van der Waals surface area contributed by atoms with Crippen molar-refractivity contribution in [1.82, 2.24) is 9.97 Å². The zero-order valence-electron chi connectivity index (χ0n) is 16.2. The molecule has 2 N–H and O–H groups in total. The Morgan fingerprint density at radius 1 is 0.893 bits per heavy atom. The van der Waals surface area contributed by atoms with E-state index in [0.29, 0.717) is 23.1 Å². The van der Waals surface area contributed by atoms with Gasteiger partial charge in [-0.05, 0) is 55.3 Å². The molecule has 0 aliphatic heterocycles. The Balaban J connectivity index is 1.83. The molecule has 28 heavy (non-hydrogen) atoms. The van der Waals surface area contributed by atoms with E-state index in [1.54, 1.807) is 20.3 Å². The molecule has 0 bridgehead atoms. The van der Waals surface area contributed by atoms with E-state index in [1.807, 2.05) is 50.2 Å². The summed E-state index contributed by atoms with van der Waals surface area (Å²) in [5, 5.41) is 5.94. The molecule has 0 radical (unpaired) electrons. The number of ether oxygens (including phenoxy) is 2. The van der Waals surface area contributed by atoms with Gasteiger partial charge in [0.25, 0.3) is 5.91 Å². The summed E-state index contributed by atoms with van der Waals surface area (Å²) < 4.78 is 10.7. The monoisotopic (exact) mass is 378 g/mol. The van der Waals surface area contributed by atoms with Crippen LogP contribution >= 0.6 is 0 Å². The highest BCUT2D eigenvalue weighted by molar-refractivity contribution is 6.03. The molecule has 3 aromatic rings. The Labute approximate surface area is 163 Å². The van der Waals surface area contributed by atoms with Crippen LogP contribution in [0.25, 0.3) is 0 Å². The van der Waals surface area contributed by atoms with Gasteiger partial charge in [0.05, 0.1) is 25.6 Å². The minimum Gasteiger partial charge on any atom is -0.495 e. The maximum atomic E-state index is 12.7. The quantitative estimate of drug-likeness (QED) is 0.671. The van der Waals surface area contributed by atoms with Crippen LogP contribution in [0.3, 0.4) is 0 Å². The summed E-state index contributed by atoms with van der Waals surface area (Å²) in [6.07, 6.45) is 1.53. The highest BCUT2D eigenvalue weighted by Crippen LogP contribution is 2.28. The predicted molar refractivity (Wildman–Crippen MR) is 109 cm³/mol. The van der Waals surface area contributed by atoms with Gasteiger partial charge < -0.3 is 20.1 Å². The lowest BCUT2D eigenvalue weighted by atomic mass is 10.2. The van der Waals surface area contributed by atoms with Crippen LogP contribution in [0.5, 0.6) is 11.5 Å². The standard InChI is InChI=1S/C21H22N4O3/c1-13-5-7-18(27-3)16(11-13)23-20(26)15-9-10-22-21(24-15)25-17-12-14(2)6-8-19(17)28-4/h5-12H,1-4H3,(H,23,26)(H,22,24,25). The first-order valence-electron chi connectivity index (χ1n) is 8.71. The van der Waals surface area contributed by atoms with Crippen molar-refractivity contribution in [3.63, 3.8) is 0 Å². The molecule has 0 atom stereocenters. The number of rotatable bonds is 6. The number of methoxy groups -OCH3 is 2. The third kappa shape index (κ3) is 4.37. The molecule has 1 aromatic heterocycles. The summed E-state index contributed by atoms with van der Waals surface area (Å²) >= 11 is 0. The molecule has 1 heterocycles. The molecule has 7 nitrogen and oxygen atoms in total. The number of benzene rings is 2. The SMILES string of the molecule is COc1ccc(C)cc1NC(=O)c1ccnc(Nc2cc(C)ccc2OC)n1. The lowest BCUT2D eigenvalue weighted by Gasteiger charge is -2.12. The maximum absolute atomic E-state index is 12.7. The van der Waals surface area contributed by atoms with Crippen LogP contribution in [0.1, 0.15) is 21.6 Å². The molecule has 0 aliphatic rings. The van der Waals surface area contributed by atoms with Crippen LogP contribution in [-0.2, 0) is 0 Å². The van der Waals surface area contributed by atoms with Gasteiger partial charge >= 0.3 is 0 Å². The van der Waals surface area contributed by atoms with Gasteiger partial charge in [0.15, 0.2) is 0 Å². The molecular formula is C21H22N4O3. The summed E-state index contributed by atoms with van der Waals surface area (Å²) in [6.45, 7) is 3.92. The van der Waals surface area contributed by atoms with Gasteiger partial charge in [0.2, 0.25) is 5.95 Å². The van der Waals surface area contributed by atoms with E-state index in [4.69, 9.17) is 9.47 Å². The number of hydrogen-bond donors (Lipinski definition) is 2. The first-order chi connectivity index (χ1) is 13.5. The molecule has 0 fully saturated rings. The topological polar surface area (TPSA) is 85.4 Å². The molecule has 144 valence electrons. The van der Waals surface area contributed by atoms with Gasteiger partial charge in [-0.1, -0.05) is 12.1 Å². The molecule has 0 aliphatic carbocycles. The lowest BCUT2D eigenvalue weighted by molar-refractivity contribution is 0.102. The number of anilines is 3. The van der Waals surface area contributed by atoms with Crippen molar-refractivity contribution in [3.8, 4) is 11.5 Å². The fraction of sp³-hybridized carbons (Fsp3) is 0.190. The Bertz CT molecular complexity index is 1000. The van der Waals surface area contributed by atoms with Crippen LogP contribution in [0.2, 0.25) is 0 Å². The molecule has 0 saturated heterocycles. The zero-order valence-corrected chi connectivity index (χ0v) is 16.2. The third-order valence-corrected chi connectivity index (χ3v) is 4.09. The number of aryl methyl sites for hydroxylation is 2. The first kappa shape index (κ1) is 19.2. The number of nitrogens with one attached hydrogen (secondary N) is 2. The second kappa shape index (κ2) is 8.39. The second-order valence-corrected chi connectivity index (χ2v) is 6.25. The van der Waals surface area contributed by atoms with Crippen molar-refractivity contribution in [1.29, 1.82) is 0 Å². The van der Waals surface area contributed by atoms with E-state index in [9.17, 15) is 4.79 Å². The van der Waals surface area contributed by atoms with E-state index in [2.05, 4.69) is 20.6 Å². The number of aromatic nitrogens is 2. The molecule has 2 aromatic carbocycles. The fourth-order valence-electron chi connectivity index (χ4n) is 2.69. The average molecular weight is 378 g/mol. The Hall–Kier alpha value is -3.61. The predicted octanol–water partition coefficient (Wildman–Crippen LogP) is 4.11. The maximum Gasteiger partial charge on any atom is 0.274 e. The van der Waals surface area contributed by atoms with Crippen molar-refractivity contribution in [2.45, 2.75) is 13.8 Å². The zero-order chi connectivity index (χ0) is 20.1. The van der Waals surface area contributed by atoms with Crippen LogP contribution in [0.4, 0.5) is 17.3 Å².